The summed E-state index contributed by atoms with van der Waals surface area (Å²) in [5, 5.41) is 4.11. The Bertz CT molecular complexity index is 867. The summed E-state index contributed by atoms with van der Waals surface area (Å²) in [5.74, 6) is 0.864. The van der Waals surface area contributed by atoms with Gasteiger partial charge >= 0.3 is 0 Å². The molecule has 0 N–H and O–H groups in total. The van der Waals surface area contributed by atoms with E-state index in [0.29, 0.717) is 12.5 Å². The Labute approximate surface area is 166 Å². The second-order valence-electron chi connectivity index (χ2n) is 7.55. The Morgan fingerprint density at radius 1 is 0.964 bits per heavy atom. The highest BCUT2D eigenvalue weighted by atomic mass is 16.2. The van der Waals surface area contributed by atoms with Crippen LogP contribution in [0, 0.1) is 5.92 Å². The Morgan fingerprint density at radius 3 is 2.39 bits per heavy atom. The minimum Gasteiger partial charge on any atom is -0.339 e. The summed E-state index contributed by atoms with van der Waals surface area (Å²) in [4.78, 5) is 18.8. The van der Waals surface area contributed by atoms with Crippen LogP contribution in [0.2, 0.25) is 0 Å². The van der Waals surface area contributed by atoms with Crippen molar-refractivity contribution in [3.8, 4) is 0 Å². The molecule has 0 spiro atoms. The second-order valence-corrected chi connectivity index (χ2v) is 7.55. The van der Waals surface area contributed by atoms with Crippen LogP contribution in [0.15, 0.2) is 67.3 Å². The monoisotopic (exact) mass is 374 g/mol. The van der Waals surface area contributed by atoms with Crippen molar-refractivity contribution in [3.63, 3.8) is 0 Å². The number of hydrogen-bond donors (Lipinski definition) is 0. The molecule has 5 heteroatoms. The third-order valence-corrected chi connectivity index (χ3v) is 5.60. The summed E-state index contributed by atoms with van der Waals surface area (Å²) < 4.78 is 1.77. The van der Waals surface area contributed by atoms with Gasteiger partial charge < -0.3 is 4.90 Å². The van der Waals surface area contributed by atoms with Gasteiger partial charge in [-0.3, -0.25) is 4.79 Å². The molecule has 3 aromatic rings. The largest absolute Gasteiger partial charge is 0.339 e. The number of nitrogens with zero attached hydrogens (tertiary/aromatic N) is 4. The second kappa shape index (κ2) is 8.83. The number of aromatic nitrogens is 3. The van der Waals surface area contributed by atoms with Gasteiger partial charge in [0.2, 0.25) is 0 Å². The third-order valence-electron chi connectivity index (χ3n) is 5.60. The van der Waals surface area contributed by atoms with Crippen LogP contribution in [0.3, 0.4) is 0 Å². The van der Waals surface area contributed by atoms with Crippen molar-refractivity contribution in [2.24, 2.45) is 5.92 Å². The molecule has 1 amide bonds. The number of amides is 1. The van der Waals surface area contributed by atoms with Crippen LogP contribution in [0.4, 0.5) is 0 Å². The van der Waals surface area contributed by atoms with E-state index in [1.807, 2.05) is 29.2 Å². The lowest BCUT2D eigenvalue weighted by atomic mass is 9.90. The SMILES string of the molecule is O=C(c1ccc(Cn2cncn2)cc1)N1CCC(CCc2ccccc2)CC1. The fourth-order valence-corrected chi connectivity index (χ4v) is 3.88. The van der Waals surface area contributed by atoms with Gasteiger partial charge in [-0.1, -0.05) is 42.5 Å². The van der Waals surface area contributed by atoms with Crippen LogP contribution in [-0.2, 0) is 13.0 Å². The van der Waals surface area contributed by atoms with Crippen molar-refractivity contribution in [1.29, 1.82) is 0 Å². The molecule has 0 saturated carbocycles. The number of hydrogen-bond acceptors (Lipinski definition) is 3. The molecule has 1 saturated heterocycles. The Hall–Kier alpha value is -2.95. The van der Waals surface area contributed by atoms with Gasteiger partial charge in [0.05, 0.1) is 6.54 Å². The quantitative estimate of drug-likeness (QED) is 0.659. The lowest BCUT2D eigenvalue weighted by Crippen LogP contribution is -2.38. The first-order valence-electron chi connectivity index (χ1n) is 10.0. The van der Waals surface area contributed by atoms with Gasteiger partial charge in [-0.25, -0.2) is 9.67 Å². The van der Waals surface area contributed by atoms with Gasteiger partial charge in [0.15, 0.2) is 0 Å². The van der Waals surface area contributed by atoms with Gasteiger partial charge in [0.1, 0.15) is 12.7 Å². The molecule has 1 aromatic heterocycles. The first-order chi connectivity index (χ1) is 13.8. The molecule has 1 aliphatic heterocycles. The summed E-state index contributed by atoms with van der Waals surface area (Å²) in [5.41, 5.74) is 3.29. The predicted octanol–water partition coefficient (Wildman–Crippen LogP) is 3.81. The van der Waals surface area contributed by atoms with Crippen LogP contribution in [0.5, 0.6) is 0 Å². The van der Waals surface area contributed by atoms with E-state index in [9.17, 15) is 4.79 Å². The average Bonchev–Trinajstić information content (AvgIpc) is 3.26. The first-order valence-corrected chi connectivity index (χ1v) is 10.0. The number of piperidine rings is 1. The zero-order valence-corrected chi connectivity index (χ0v) is 16.1. The molecule has 2 aromatic carbocycles. The van der Waals surface area contributed by atoms with Crippen molar-refractivity contribution >= 4 is 5.91 Å². The molecule has 4 rings (SSSR count). The van der Waals surface area contributed by atoms with Gasteiger partial charge in [0.25, 0.3) is 5.91 Å². The third kappa shape index (κ3) is 4.66. The van der Waals surface area contributed by atoms with E-state index < -0.39 is 0 Å². The molecule has 1 aliphatic rings. The molecule has 2 heterocycles. The molecule has 5 nitrogen and oxygen atoms in total. The first kappa shape index (κ1) is 18.4. The molecule has 0 atom stereocenters. The summed E-state index contributed by atoms with van der Waals surface area (Å²) in [6.45, 7) is 2.39. The van der Waals surface area contributed by atoms with Crippen LogP contribution in [0.1, 0.15) is 40.7 Å². The highest BCUT2D eigenvalue weighted by Crippen LogP contribution is 2.23. The topological polar surface area (TPSA) is 51.0 Å². The minimum absolute atomic E-state index is 0.147. The molecule has 0 aliphatic carbocycles. The molecule has 0 unspecified atom stereocenters. The number of benzene rings is 2. The highest BCUT2D eigenvalue weighted by molar-refractivity contribution is 5.94. The number of aryl methyl sites for hydroxylation is 1. The maximum atomic E-state index is 12.8. The maximum Gasteiger partial charge on any atom is 0.253 e. The molecule has 1 fully saturated rings. The van der Waals surface area contributed by atoms with E-state index in [1.165, 1.54) is 18.3 Å². The van der Waals surface area contributed by atoms with Crippen molar-refractivity contribution in [2.75, 3.05) is 13.1 Å². The van der Waals surface area contributed by atoms with E-state index in [4.69, 9.17) is 0 Å². The lowest BCUT2D eigenvalue weighted by molar-refractivity contribution is 0.0687. The van der Waals surface area contributed by atoms with Crippen LogP contribution in [0.25, 0.3) is 0 Å². The molecule has 144 valence electrons. The van der Waals surface area contributed by atoms with Gasteiger partial charge in [-0.15, -0.1) is 0 Å². The number of carbonyl (C=O) groups excluding carboxylic acids is 1. The fourth-order valence-electron chi connectivity index (χ4n) is 3.88. The van der Waals surface area contributed by atoms with E-state index >= 15 is 0 Å². The van der Waals surface area contributed by atoms with Crippen LogP contribution >= 0.6 is 0 Å². The van der Waals surface area contributed by atoms with Crippen molar-refractivity contribution < 1.29 is 4.79 Å². The van der Waals surface area contributed by atoms with Gasteiger partial charge in [-0.05, 0) is 54.9 Å². The maximum absolute atomic E-state index is 12.8. The number of carbonyl (C=O) groups is 1. The van der Waals surface area contributed by atoms with Crippen molar-refractivity contribution in [2.45, 2.75) is 32.2 Å². The minimum atomic E-state index is 0.147. The Morgan fingerprint density at radius 2 is 1.71 bits per heavy atom. The van der Waals surface area contributed by atoms with Gasteiger partial charge in [0, 0.05) is 18.7 Å². The van der Waals surface area contributed by atoms with E-state index in [1.54, 1.807) is 11.0 Å². The molecule has 28 heavy (non-hydrogen) atoms. The van der Waals surface area contributed by atoms with Crippen LogP contribution < -0.4 is 0 Å². The molecular formula is C23H26N4O. The highest BCUT2D eigenvalue weighted by Gasteiger charge is 2.23. The van der Waals surface area contributed by atoms with E-state index in [2.05, 4.69) is 40.4 Å². The summed E-state index contributed by atoms with van der Waals surface area (Å²) >= 11 is 0. The molecular weight excluding hydrogens is 348 g/mol. The van der Waals surface area contributed by atoms with E-state index in [0.717, 1.165) is 43.5 Å². The summed E-state index contributed by atoms with van der Waals surface area (Å²) in [7, 11) is 0. The molecule has 0 bridgehead atoms. The lowest BCUT2D eigenvalue weighted by Gasteiger charge is -2.32. The summed E-state index contributed by atoms with van der Waals surface area (Å²) in [6, 6.07) is 18.5. The number of rotatable bonds is 6. The number of likely N-dealkylation sites (tertiary alicyclic amines) is 1. The van der Waals surface area contributed by atoms with Crippen LogP contribution in [-0.4, -0.2) is 38.7 Å². The zero-order valence-electron chi connectivity index (χ0n) is 16.1. The normalized spacial score (nSPS) is 14.9. The standard InChI is InChI=1S/C23H26N4O/c28-23(22-10-8-21(9-11-22)16-27-18-24-17-25-27)26-14-12-20(13-15-26)7-6-19-4-2-1-3-5-19/h1-5,8-11,17-18,20H,6-7,12-16H2. The fraction of sp³-hybridized carbons (Fsp3) is 0.348. The van der Waals surface area contributed by atoms with Crippen molar-refractivity contribution in [3.05, 3.63) is 83.9 Å². The Balaban J connectivity index is 1.26. The smallest absolute Gasteiger partial charge is 0.253 e. The zero-order chi connectivity index (χ0) is 19.2. The predicted molar refractivity (Wildman–Crippen MR) is 109 cm³/mol. The van der Waals surface area contributed by atoms with Gasteiger partial charge in [-0.2, -0.15) is 5.10 Å². The molecule has 0 radical (unpaired) electrons. The van der Waals surface area contributed by atoms with Crippen molar-refractivity contribution in [1.82, 2.24) is 19.7 Å². The summed E-state index contributed by atoms with van der Waals surface area (Å²) in [6.07, 6.45) is 7.77. The average molecular weight is 374 g/mol. The van der Waals surface area contributed by atoms with E-state index in [-0.39, 0.29) is 5.91 Å². The Kier molecular flexibility index (Phi) is 5.80.